The lowest BCUT2D eigenvalue weighted by molar-refractivity contribution is 0.464. The lowest BCUT2D eigenvalue weighted by atomic mass is 10.0. The fourth-order valence-electron chi connectivity index (χ4n) is 2.48. The molecule has 102 valence electrons. The van der Waals surface area contributed by atoms with E-state index < -0.39 is 0 Å². The molecule has 3 atom stereocenters. The van der Waals surface area contributed by atoms with Gasteiger partial charge >= 0.3 is 0 Å². The van der Waals surface area contributed by atoms with Gasteiger partial charge in [0.05, 0.1) is 5.69 Å². The Kier molecular flexibility index (Phi) is 5.13. The van der Waals surface area contributed by atoms with Crippen molar-refractivity contribution in [2.45, 2.75) is 56.9 Å². The Morgan fingerprint density at radius 3 is 3.06 bits per heavy atom. The fraction of sp³-hybridized carbons (Fsp3) is 0.786. The molecule has 4 heteroatoms. The molecule has 3 unspecified atom stereocenters. The molecule has 2 rings (SSSR count). The van der Waals surface area contributed by atoms with E-state index in [-0.39, 0.29) is 0 Å². The normalized spacial score (nSPS) is 23.2. The van der Waals surface area contributed by atoms with E-state index in [0.29, 0.717) is 12.1 Å². The van der Waals surface area contributed by atoms with Crippen molar-refractivity contribution in [3.8, 4) is 0 Å². The Bertz CT molecular complexity index is 358. The van der Waals surface area contributed by atoms with Gasteiger partial charge in [-0.1, -0.05) is 6.92 Å². The molecular weight excluding hydrogens is 242 g/mol. The highest BCUT2D eigenvalue weighted by Crippen LogP contribution is 2.29. The maximum absolute atomic E-state index is 4.71. The minimum atomic E-state index is 0.507. The molecule has 0 aliphatic carbocycles. The third kappa shape index (κ3) is 3.29. The average Bonchev–Trinajstić information content (AvgIpc) is 3.05. The topological polar surface area (TPSA) is 29.9 Å². The van der Waals surface area contributed by atoms with Crippen molar-refractivity contribution < 1.29 is 0 Å². The van der Waals surface area contributed by atoms with Crippen molar-refractivity contribution in [2.24, 2.45) is 0 Å². The van der Waals surface area contributed by atoms with E-state index in [1.165, 1.54) is 24.3 Å². The van der Waals surface area contributed by atoms with Gasteiger partial charge in [-0.2, -0.15) is 16.9 Å². The molecule has 1 aliphatic heterocycles. The van der Waals surface area contributed by atoms with E-state index in [1.807, 2.05) is 0 Å². The molecule has 1 aliphatic rings. The van der Waals surface area contributed by atoms with Crippen LogP contribution in [0.3, 0.4) is 0 Å². The number of hydrogen-bond donors (Lipinski definition) is 1. The Labute approximate surface area is 115 Å². The molecule has 0 saturated carbocycles. The Morgan fingerprint density at radius 2 is 2.44 bits per heavy atom. The molecule has 1 saturated heterocycles. The molecule has 2 heterocycles. The van der Waals surface area contributed by atoms with Crippen LogP contribution in [0.2, 0.25) is 0 Å². The van der Waals surface area contributed by atoms with Gasteiger partial charge in [0.2, 0.25) is 0 Å². The first kappa shape index (κ1) is 13.9. The van der Waals surface area contributed by atoms with E-state index in [4.69, 9.17) is 5.10 Å². The molecule has 0 bridgehead atoms. The van der Waals surface area contributed by atoms with Gasteiger partial charge in [-0.3, -0.25) is 4.68 Å². The molecule has 0 aromatic carbocycles. The number of rotatable bonds is 6. The summed E-state index contributed by atoms with van der Waals surface area (Å²) in [6.07, 6.45) is 7.03. The van der Waals surface area contributed by atoms with Gasteiger partial charge in [0, 0.05) is 30.0 Å². The third-order valence-electron chi connectivity index (χ3n) is 3.92. The highest BCUT2D eigenvalue weighted by Gasteiger charge is 2.25. The van der Waals surface area contributed by atoms with Gasteiger partial charge in [0.15, 0.2) is 0 Å². The van der Waals surface area contributed by atoms with Crippen molar-refractivity contribution >= 4 is 11.8 Å². The van der Waals surface area contributed by atoms with E-state index >= 15 is 0 Å². The van der Waals surface area contributed by atoms with Crippen LogP contribution >= 0.6 is 11.8 Å². The van der Waals surface area contributed by atoms with Crippen molar-refractivity contribution in [3.63, 3.8) is 0 Å². The minimum absolute atomic E-state index is 0.507. The summed E-state index contributed by atoms with van der Waals surface area (Å²) in [4.78, 5) is 0. The van der Waals surface area contributed by atoms with Gasteiger partial charge in [-0.05, 0) is 45.1 Å². The zero-order valence-corrected chi connectivity index (χ0v) is 12.5. The van der Waals surface area contributed by atoms with E-state index in [2.05, 4.69) is 54.9 Å². The van der Waals surface area contributed by atoms with E-state index in [9.17, 15) is 0 Å². The predicted molar refractivity (Wildman–Crippen MR) is 79.3 cm³/mol. The Morgan fingerprint density at radius 1 is 1.61 bits per heavy atom. The van der Waals surface area contributed by atoms with Crippen LogP contribution < -0.4 is 5.32 Å². The number of nitrogens with one attached hydrogen (secondary N) is 1. The van der Waals surface area contributed by atoms with Crippen LogP contribution in [0.15, 0.2) is 12.3 Å². The summed E-state index contributed by atoms with van der Waals surface area (Å²) in [6.45, 7) is 4.43. The fourth-order valence-corrected chi connectivity index (χ4v) is 3.92. The van der Waals surface area contributed by atoms with Gasteiger partial charge in [-0.25, -0.2) is 0 Å². The number of thioether (sulfide) groups is 1. The second-order valence-electron chi connectivity index (χ2n) is 5.20. The summed E-state index contributed by atoms with van der Waals surface area (Å²) < 4.78 is 2.10. The van der Waals surface area contributed by atoms with Gasteiger partial charge in [0.25, 0.3) is 0 Å². The van der Waals surface area contributed by atoms with Crippen molar-refractivity contribution in [1.82, 2.24) is 15.1 Å². The Hall–Kier alpha value is -0.480. The summed E-state index contributed by atoms with van der Waals surface area (Å²) in [6, 6.07) is 3.25. The zero-order valence-electron chi connectivity index (χ0n) is 11.7. The van der Waals surface area contributed by atoms with Crippen LogP contribution in [0.4, 0.5) is 0 Å². The maximum atomic E-state index is 4.71. The van der Waals surface area contributed by atoms with Gasteiger partial charge in [0.1, 0.15) is 0 Å². The maximum Gasteiger partial charge on any atom is 0.0640 e. The van der Waals surface area contributed by atoms with E-state index in [0.717, 1.165) is 18.1 Å². The van der Waals surface area contributed by atoms with Crippen LogP contribution in [-0.2, 0) is 6.42 Å². The minimum Gasteiger partial charge on any atom is -0.316 e. The molecule has 0 spiro atoms. The first-order chi connectivity index (χ1) is 8.74. The first-order valence-electron chi connectivity index (χ1n) is 7.07. The molecule has 1 aromatic rings. The molecule has 3 nitrogen and oxygen atoms in total. The number of hydrogen-bond acceptors (Lipinski definition) is 3. The van der Waals surface area contributed by atoms with Crippen LogP contribution in [0.25, 0.3) is 0 Å². The van der Waals surface area contributed by atoms with Crippen molar-refractivity contribution in [2.75, 3.05) is 12.8 Å². The second-order valence-corrected chi connectivity index (χ2v) is 6.54. The zero-order chi connectivity index (χ0) is 13.0. The first-order valence-corrected chi connectivity index (χ1v) is 8.12. The van der Waals surface area contributed by atoms with Crippen LogP contribution in [0.1, 0.15) is 44.8 Å². The number of nitrogens with zero attached hydrogens (tertiary/aromatic N) is 2. The monoisotopic (exact) mass is 267 g/mol. The molecule has 18 heavy (non-hydrogen) atoms. The van der Waals surface area contributed by atoms with Crippen LogP contribution in [-0.4, -0.2) is 33.9 Å². The molecular formula is C14H25N3S. The molecule has 1 fully saturated rings. The van der Waals surface area contributed by atoms with Gasteiger partial charge in [-0.15, -0.1) is 0 Å². The molecule has 1 N–H and O–H groups in total. The largest absolute Gasteiger partial charge is 0.316 e. The predicted octanol–water partition coefficient (Wildman–Crippen LogP) is 2.88. The second kappa shape index (κ2) is 6.62. The van der Waals surface area contributed by atoms with Crippen LogP contribution in [0, 0.1) is 0 Å². The summed E-state index contributed by atoms with van der Waals surface area (Å²) in [7, 11) is 2.08. The Balaban J connectivity index is 1.96. The lowest BCUT2D eigenvalue weighted by Gasteiger charge is -2.21. The van der Waals surface area contributed by atoms with Crippen LogP contribution in [0.5, 0.6) is 0 Å². The number of aromatic nitrogens is 2. The molecule has 1 aromatic heterocycles. The average molecular weight is 267 g/mol. The lowest BCUT2D eigenvalue weighted by Crippen LogP contribution is -2.36. The SMILES string of the molecule is CCC(C)n1ccc(CC(NC)C2CCCS2)n1. The van der Waals surface area contributed by atoms with Gasteiger partial charge < -0.3 is 5.32 Å². The van der Waals surface area contributed by atoms with Crippen molar-refractivity contribution in [3.05, 3.63) is 18.0 Å². The molecule has 0 amide bonds. The van der Waals surface area contributed by atoms with E-state index in [1.54, 1.807) is 0 Å². The van der Waals surface area contributed by atoms with Crippen molar-refractivity contribution in [1.29, 1.82) is 0 Å². The standard InChI is InChI=1S/C14H25N3S/c1-4-11(2)17-8-7-12(16-17)10-13(15-3)14-6-5-9-18-14/h7-8,11,13-15H,4-6,9-10H2,1-3H3. The summed E-state index contributed by atoms with van der Waals surface area (Å²) in [5.74, 6) is 1.32. The summed E-state index contributed by atoms with van der Waals surface area (Å²) in [5, 5.41) is 8.95. The molecule has 0 radical (unpaired) electrons. The summed E-state index contributed by atoms with van der Waals surface area (Å²) >= 11 is 2.11. The highest BCUT2D eigenvalue weighted by atomic mass is 32.2. The third-order valence-corrected chi connectivity index (χ3v) is 5.44. The quantitative estimate of drug-likeness (QED) is 0.859. The smallest absolute Gasteiger partial charge is 0.0640 e. The number of likely N-dealkylation sites (N-methyl/N-ethyl adjacent to an activating group) is 1. The highest BCUT2D eigenvalue weighted by molar-refractivity contribution is 8.00. The summed E-state index contributed by atoms with van der Waals surface area (Å²) in [5.41, 5.74) is 1.22.